The van der Waals surface area contributed by atoms with Crippen LogP contribution in [0.25, 0.3) is 0 Å². The van der Waals surface area contributed by atoms with Crippen LogP contribution in [0.3, 0.4) is 0 Å². The van der Waals surface area contributed by atoms with Gasteiger partial charge in [-0.2, -0.15) is 0 Å². The highest BCUT2D eigenvalue weighted by atomic mass is 16.6. The summed E-state index contributed by atoms with van der Waals surface area (Å²) in [5.41, 5.74) is 0. The summed E-state index contributed by atoms with van der Waals surface area (Å²) in [6.45, 7) is 4.42. The molecule has 1 amide bonds. The van der Waals surface area contributed by atoms with E-state index in [9.17, 15) is 4.79 Å². The summed E-state index contributed by atoms with van der Waals surface area (Å²) in [4.78, 5) is 14.6. The predicted molar refractivity (Wildman–Crippen MR) is 84.3 cm³/mol. The minimum absolute atomic E-state index is 0.0897. The van der Waals surface area contributed by atoms with Gasteiger partial charge < -0.3 is 19.7 Å². The summed E-state index contributed by atoms with van der Waals surface area (Å²) >= 11 is 0. The molecule has 120 valence electrons. The molecule has 2 aliphatic heterocycles. The largest absolute Gasteiger partial charge is 0.485 e. The minimum atomic E-state index is -0.551. The van der Waals surface area contributed by atoms with Gasteiger partial charge in [-0.1, -0.05) is 18.6 Å². The number of rotatable bonds is 5. The van der Waals surface area contributed by atoms with E-state index >= 15 is 0 Å². The molecule has 0 bridgehead atoms. The van der Waals surface area contributed by atoms with E-state index in [1.165, 1.54) is 32.4 Å². The van der Waals surface area contributed by atoms with Gasteiger partial charge in [0.05, 0.1) is 0 Å². The third-order valence-electron chi connectivity index (χ3n) is 4.20. The topological polar surface area (TPSA) is 50.8 Å². The summed E-state index contributed by atoms with van der Waals surface area (Å²) in [6, 6.07) is 7.44. The number of ether oxygens (including phenoxy) is 2. The van der Waals surface area contributed by atoms with E-state index in [1.54, 1.807) is 0 Å². The second kappa shape index (κ2) is 7.49. The normalized spacial score (nSPS) is 21.4. The van der Waals surface area contributed by atoms with Gasteiger partial charge in [-0.3, -0.25) is 4.79 Å². The Kier molecular flexibility index (Phi) is 5.16. The fourth-order valence-electron chi connectivity index (χ4n) is 2.96. The Morgan fingerprint density at radius 2 is 1.95 bits per heavy atom. The van der Waals surface area contributed by atoms with Gasteiger partial charge in [-0.25, -0.2) is 0 Å². The average molecular weight is 304 g/mol. The second-order valence-electron chi connectivity index (χ2n) is 5.91. The van der Waals surface area contributed by atoms with E-state index in [2.05, 4.69) is 10.2 Å². The van der Waals surface area contributed by atoms with Crippen molar-refractivity contribution >= 4 is 5.91 Å². The number of likely N-dealkylation sites (tertiary alicyclic amines) is 1. The van der Waals surface area contributed by atoms with E-state index in [-0.39, 0.29) is 12.5 Å². The van der Waals surface area contributed by atoms with E-state index in [0.717, 1.165) is 13.0 Å². The first-order chi connectivity index (χ1) is 10.8. The quantitative estimate of drug-likeness (QED) is 0.843. The molecule has 1 saturated heterocycles. The second-order valence-corrected chi connectivity index (χ2v) is 5.91. The molecule has 0 aliphatic carbocycles. The summed E-state index contributed by atoms with van der Waals surface area (Å²) in [5, 5.41) is 2.95. The van der Waals surface area contributed by atoms with Gasteiger partial charge in [0.2, 0.25) is 6.10 Å². The van der Waals surface area contributed by atoms with Gasteiger partial charge in [-0.05, 0) is 51.0 Å². The molecule has 0 radical (unpaired) electrons. The first-order valence-corrected chi connectivity index (χ1v) is 8.21. The number of carbonyl (C=O) groups is 1. The highest BCUT2D eigenvalue weighted by Crippen LogP contribution is 2.30. The molecule has 1 atom stereocenters. The monoisotopic (exact) mass is 304 g/mol. The number of hydrogen-bond acceptors (Lipinski definition) is 4. The summed E-state index contributed by atoms with van der Waals surface area (Å²) in [6.07, 6.45) is 4.40. The van der Waals surface area contributed by atoms with Gasteiger partial charge in [-0.15, -0.1) is 0 Å². The van der Waals surface area contributed by atoms with Crippen molar-refractivity contribution in [2.45, 2.75) is 31.8 Å². The van der Waals surface area contributed by atoms with Crippen molar-refractivity contribution in [3.05, 3.63) is 24.3 Å². The predicted octanol–water partition coefficient (Wildman–Crippen LogP) is 1.82. The van der Waals surface area contributed by atoms with Crippen LogP contribution in [0.2, 0.25) is 0 Å². The number of para-hydroxylation sites is 2. The SMILES string of the molecule is O=C(NCCCN1CCCCC1)C1COc2ccccc2O1. The van der Waals surface area contributed by atoms with Crippen LogP contribution in [-0.2, 0) is 4.79 Å². The highest BCUT2D eigenvalue weighted by molar-refractivity contribution is 5.81. The van der Waals surface area contributed by atoms with Crippen molar-refractivity contribution in [2.24, 2.45) is 0 Å². The number of nitrogens with one attached hydrogen (secondary N) is 1. The molecule has 1 fully saturated rings. The Morgan fingerprint density at radius 1 is 1.18 bits per heavy atom. The lowest BCUT2D eigenvalue weighted by Crippen LogP contribution is -2.44. The molecule has 5 heteroatoms. The molecule has 22 heavy (non-hydrogen) atoms. The summed E-state index contributed by atoms with van der Waals surface area (Å²) in [7, 11) is 0. The molecule has 0 spiro atoms. The average Bonchev–Trinajstić information content (AvgIpc) is 2.59. The molecule has 0 aromatic heterocycles. The van der Waals surface area contributed by atoms with Crippen LogP contribution in [0.1, 0.15) is 25.7 Å². The van der Waals surface area contributed by atoms with Crippen LogP contribution in [0.15, 0.2) is 24.3 Å². The van der Waals surface area contributed by atoms with E-state index in [4.69, 9.17) is 9.47 Å². The Labute approximate surface area is 131 Å². The van der Waals surface area contributed by atoms with Gasteiger partial charge in [0.25, 0.3) is 5.91 Å². The lowest BCUT2D eigenvalue weighted by Gasteiger charge is -2.27. The lowest BCUT2D eigenvalue weighted by molar-refractivity contribution is -0.130. The van der Waals surface area contributed by atoms with Crippen LogP contribution in [0, 0.1) is 0 Å². The third-order valence-corrected chi connectivity index (χ3v) is 4.20. The lowest BCUT2D eigenvalue weighted by atomic mass is 10.1. The van der Waals surface area contributed by atoms with Crippen molar-refractivity contribution < 1.29 is 14.3 Å². The Bertz CT molecular complexity index is 500. The number of fused-ring (bicyclic) bond motifs is 1. The van der Waals surface area contributed by atoms with E-state index in [0.29, 0.717) is 18.0 Å². The van der Waals surface area contributed by atoms with Crippen LogP contribution in [0.4, 0.5) is 0 Å². The van der Waals surface area contributed by atoms with Crippen molar-refractivity contribution in [2.75, 3.05) is 32.8 Å². The summed E-state index contributed by atoms with van der Waals surface area (Å²) in [5.74, 6) is 1.26. The number of nitrogens with zero attached hydrogens (tertiary/aromatic N) is 1. The molecule has 5 nitrogen and oxygen atoms in total. The van der Waals surface area contributed by atoms with Crippen molar-refractivity contribution in [3.8, 4) is 11.5 Å². The maximum atomic E-state index is 12.1. The Hall–Kier alpha value is -1.75. The van der Waals surface area contributed by atoms with Crippen LogP contribution in [-0.4, -0.2) is 49.7 Å². The zero-order chi connectivity index (χ0) is 15.2. The van der Waals surface area contributed by atoms with Crippen molar-refractivity contribution in [1.29, 1.82) is 0 Å². The number of piperidine rings is 1. The minimum Gasteiger partial charge on any atom is -0.485 e. The fraction of sp³-hybridized carbons (Fsp3) is 0.588. The van der Waals surface area contributed by atoms with E-state index in [1.807, 2.05) is 24.3 Å². The molecular formula is C17H24N2O3. The molecule has 1 aromatic rings. The highest BCUT2D eigenvalue weighted by Gasteiger charge is 2.26. The van der Waals surface area contributed by atoms with Gasteiger partial charge in [0, 0.05) is 6.54 Å². The first-order valence-electron chi connectivity index (χ1n) is 8.21. The van der Waals surface area contributed by atoms with Crippen LogP contribution in [0.5, 0.6) is 11.5 Å². The van der Waals surface area contributed by atoms with Crippen molar-refractivity contribution in [3.63, 3.8) is 0 Å². The zero-order valence-electron chi connectivity index (χ0n) is 12.9. The third kappa shape index (κ3) is 3.91. The number of hydrogen-bond donors (Lipinski definition) is 1. The van der Waals surface area contributed by atoms with Gasteiger partial charge >= 0.3 is 0 Å². The number of benzene rings is 1. The maximum Gasteiger partial charge on any atom is 0.264 e. The smallest absolute Gasteiger partial charge is 0.264 e. The molecule has 2 aliphatic rings. The molecule has 0 saturated carbocycles. The first kappa shape index (κ1) is 15.2. The Balaban J connectivity index is 1.37. The zero-order valence-corrected chi connectivity index (χ0v) is 12.9. The number of carbonyl (C=O) groups excluding carboxylic acids is 1. The maximum absolute atomic E-state index is 12.1. The van der Waals surface area contributed by atoms with Crippen molar-refractivity contribution in [1.82, 2.24) is 10.2 Å². The fourth-order valence-corrected chi connectivity index (χ4v) is 2.96. The molecule has 1 aromatic carbocycles. The summed E-state index contributed by atoms with van der Waals surface area (Å²) < 4.78 is 11.3. The molecule has 1 unspecified atom stereocenters. The van der Waals surface area contributed by atoms with Gasteiger partial charge in [0.1, 0.15) is 6.61 Å². The van der Waals surface area contributed by atoms with Gasteiger partial charge in [0.15, 0.2) is 11.5 Å². The molecule has 2 heterocycles. The molecular weight excluding hydrogens is 280 g/mol. The van der Waals surface area contributed by atoms with Crippen LogP contribution < -0.4 is 14.8 Å². The Morgan fingerprint density at radius 3 is 2.77 bits per heavy atom. The number of amides is 1. The van der Waals surface area contributed by atoms with Crippen LogP contribution >= 0.6 is 0 Å². The molecule has 3 rings (SSSR count). The van der Waals surface area contributed by atoms with E-state index < -0.39 is 6.10 Å². The standard InChI is InChI=1S/C17H24N2O3/c20-17(18-9-6-12-19-10-4-1-5-11-19)16-13-21-14-7-2-3-8-15(14)22-16/h2-3,7-8,16H,1,4-6,9-13H2,(H,18,20). The molecule has 1 N–H and O–H groups in total.